The number of rotatable bonds is 8. The largest absolute Gasteiger partial charge is 0.456 e. The highest BCUT2D eigenvalue weighted by molar-refractivity contribution is 6.13. The standard InChI is InChI=1S/C69H55NO/c1-67(2)41-42-68(3,4)62-45-60-58(44-61(62)67)57-43-49(35-40-59(57)69(60,50-21-10-6-11-22-50)51-23-12-7-13-24-51)55-26-15-14-25-54(55)48-33-38-53(39-34-48)70(52-36-31-47(32-37-52)46-19-8-5-9-20-46)63-28-18-30-65-66(63)56-27-16-17-29-64(56)71-65/h5-40,43-45H,41-42H2,1-4H3. The molecule has 0 aliphatic heterocycles. The van der Waals surface area contributed by atoms with Crippen LogP contribution in [-0.4, -0.2) is 0 Å². The van der Waals surface area contributed by atoms with E-state index < -0.39 is 5.41 Å². The van der Waals surface area contributed by atoms with Gasteiger partial charge in [-0.3, -0.25) is 0 Å². The fourth-order valence-corrected chi connectivity index (χ4v) is 12.3. The predicted molar refractivity (Wildman–Crippen MR) is 297 cm³/mol. The Morgan fingerprint density at radius 2 is 0.845 bits per heavy atom. The molecule has 0 saturated heterocycles. The molecule has 0 bridgehead atoms. The van der Waals surface area contributed by atoms with Crippen molar-refractivity contribution in [2.75, 3.05) is 4.90 Å². The van der Waals surface area contributed by atoms with Gasteiger partial charge in [0, 0.05) is 16.8 Å². The van der Waals surface area contributed by atoms with Crippen LogP contribution < -0.4 is 4.90 Å². The van der Waals surface area contributed by atoms with E-state index >= 15 is 0 Å². The highest BCUT2D eigenvalue weighted by Crippen LogP contribution is 2.60. The van der Waals surface area contributed by atoms with Crippen molar-refractivity contribution < 1.29 is 4.42 Å². The average Bonchev–Trinajstić information content (AvgIpc) is 3.95. The highest BCUT2D eigenvalue weighted by atomic mass is 16.3. The number of benzene rings is 10. The number of hydrogen-bond donors (Lipinski definition) is 0. The van der Waals surface area contributed by atoms with E-state index in [0.29, 0.717) is 0 Å². The van der Waals surface area contributed by atoms with Gasteiger partial charge in [-0.15, -0.1) is 0 Å². The molecule has 2 aliphatic rings. The van der Waals surface area contributed by atoms with E-state index in [0.717, 1.165) is 44.6 Å². The lowest BCUT2D eigenvalue weighted by Gasteiger charge is -2.43. The molecular weight excluding hydrogens is 859 g/mol. The first-order valence-electron chi connectivity index (χ1n) is 25.2. The van der Waals surface area contributed by atoms with E-state index in [1.54, 1.807) is 0 Å². The topological polar surface area (TPSA) is 16.4 Å². The SMILES string of the molecule is CC1(C)CCC(C)(C)c2cc3c(cc21)-c1cc(-c2ccccc2-c2ccc(N(c4ccc(-c5ccccc5)cc4)c4cccc5oc6ccccc6c45)cc2)ccc1C3(c1ccccc1)c1ccccc1. The third-order valence-electron chi connectivity index (χ3n) is 16.1. The van der Waals surface area contributed by atoms with Gasteiger partial charge < -0.3 is 9.32 Å². The van der Waals surface area contributed by atoms with Crippen molar-refractivity contribution in [1.29, 1.82) is 0 Å². The first-order valence-corrected chi connectivity index (χ1v) is 25.2. The van der Waals surface area contributed by atoms with Crippen molar-refractivity contribution in [2.24, 2.45) is 0 Å². The molecule has 10 aromatic carbocycles. The van der Waals surface area contributed by atoms with Gasteiger partial charge in [-0.25, -0.2) is 0 Å². The molecule has 1 heterocycles. The number of hydrogen-bond acceptors (Lipinski definition) is 2. The minimum Gasteiger partial charge on any atom is -0.456 e. The number of furan rings is 1. The van der Waals surface area contributed by atoms with Crippen LogP contribution in [0.25, 0.3) is 66.4 Å². The summed E-state index contributed by atoms with van der Waals surface area (Å²) in [7, 11) is 0. The summed E-state index contributed by atoms with van der Waals surface area (Å²) in [6, 6.07) is 87.4. The van der Waals surface area contributed by atoms with Gasteiger partial charge in [0.1, 0.15) is 11.2 Å². The molecule has 0 spiro atoms. The van der Waals surface area contributed by atoms with Gasteiger partial charge in [-0.2, -0.15) is 0 Å². The zero-order valence-corrected chi connectivity index (χ0v) is 40.8. The quantitative estimate of drug-likeness (QED) is 0.151. The Balaban J connectivity index is 0.957. The van der Waals surface area contributed by atoms with Crippen molar-refractivity contribution >= 4 is 39.0 Å². The molecule has 342 valence electrons. The average molecular weight is 914 g/mol. The Morgan fingerprint density at radius 1 is 0.352 bits per heavy atom. The Labute approximate surface area is 417 Å². The second-order valence-corrected chi connectivity index (χ2v) is 21.0. The molecule has 0 fully saturated rings. The van der Waals surface area contributed by atoms with Gasteiger partial charge in [0.2, 0.25) is 0 Å². The number of para-hydroxylation sites is 1. The van der Waals surface area contributed by atoms with Crippen LogP contribution in [0.5, 0.6) is 0 Å². The van der Waals surface area contributed by atoms with E-state index in [9.17, 15) is 0 Å². The molecular formula is C69H55NO. The molecule has 13 rings (SSSR count). The molecule has 2 heteroatoms. The van der Waals surface area contributed by atoms with Crippen LogP contribution in [0, 0.1) is 0 Å². The minimum atomic E-state index is -0.478. The number of nitrogens with zero attached hydrogens (tertiary/aromatic N) is 1. The lowest BCUT2D eigenvalue weighted by atomic mass is 9.61. The normalized spacial score (nSPS) is 15.0. The highest BCUT2D eigenvalue weighted by Gasteiger charge is 2.49. The summed E-state index contributed by atoms with van der Waals surface area (Å²) < 4.78 is 6.44. The molecule has 71 heavy (non-hydrogen) atoms. The van der Waals surface area contributed by atoms with E-state index in [-0.39, 0.29) is 10.8 Å². The second kappa shape index (κ2) is 16.5. The number of fused-ring (bicyclic) bond motifs is 7. The molecule has 0 atom stereocenters. The van der Waals surface area contributed by atoms with Crippen molar-refractivity contribution in [3.63, 3.8) is 0 Å². The van der Waals surface area contributed by atoms with Crippen molar-refractivity contribution in [3.8, 4) is 44.5 Å². The Kier molecular flexibility index (Phi) is 9.94. The lowest BCUT2D eigenvalue weighted by molar-refractivity contribution is 0.331. The van der Waals surface area contributed by atoms with Gasteiger partial charge in [0.25, 0.3) is 0 Å². The van der Waals surface area contributed by atoms with Gasteiger partial charge in [-0.1, -0.05) is 210 Å². The molecule has 11 aromatic rings. The Morgan fingerprint density at radius 3 is 1.49 bits per heavy atom. The molecule has 0 unspecified atom stereocenters. The maximum Gasteiger partial charge on any atom is 0.137 e. The molecule has 0 radical (unpaired) electrons. The molecule has 2 aliphatic carbocycles. The van der Waals surface area contributed by atoms with Gasteiger partial charge >= 0.3 is 0 Å². The van der Waals surface area contributed by atoms with E-state index in [2.05, 4.69) is 263 Å². The third kappa shape index (κ3) is 6.84. The van der Waals surface area contributed by atoms with Crippen LogP contribution in [0.1, 0.15) is 73.9 Å². The van der Waals surface area contributed by atoms with Crippen LogP contribution in [0.2, 0.25) is 0 Å². The minimum absolute atomic E-state index is 0.0679. The molecule has 0 amide bonds. The first-order chi connectivity index (χ1) is 34.7. The first kappa shape index (κ1) is 42.9. The van der Waals surface area contributed by atoms with Gasteiger partial charge in [-0.05, 0) is 156 Å². The van der Waals surface area contributed by atoms with Crippen molar-refractivity contribution in [3.05, 3.63) is 270 Å². The van der Waals surface area contributed by atoms with E-state index in [1.165, 1.54) is 85.2 Å². The van der Waals surface area contributed by atoms with Crippen LogP contribution >= 0.6 is 0 Å². The summed E-state index contributed by atoms with van der Waals surface area (Å²) in [5, 5.41) is 2.20. The van der Waals surface area contributed by atoms with Crippen molar-refractivity contribution in [2.45, 2.75) is 56.8 Å². The summed E-state index contributed by atoms with van der Waals surface area (Å²) >= 11 is 0. The summed E-state index contributed by atoms with van der Waals surface area (Å²) in [5.74, 6) is 0. The monoisotopic (exact) mass is 913 g/mol. The van der Waals surface area contributed by atoms with Gasteiger partial charge in [0.05, 0.1) is 16.5 Å². The molecule has 1 aromatic heterocycles. The second-order valence-electron chi connectivity index (χ2n) is 21.0. The Hall–Kier alpha value is -8.20. The van der Waals surface area contributed by atoms with E-state index in [4.69, 9.17) is 4.42 Å². The third-order valence-corrected chi connectivity index (χ3v) is 16.1. The van der Waals surface area contributed by atoms with Crippen LogP contribution in [0.4, 0.5) is 17.1 Å². The summed E-state index contributed by atoms with van der Waals surface area (Å²) in [6.07, 6.45) is 2.34. The van der Waals surface area contributed by atoms with Gasteiger partial charge in [0.15, 0.2) is 0 Å². The lowest BCUT2D eigenvalue weighted by Crippen LogP contribution is -2.35. The zero-order valence-electron chi connectivity index (χ0n) is 40.8. The Bertz CT molecular complexity index is 3750. The zero-order chi connectivity index (χ0) is 47.9. The van der Waals surface area contributed by atoms with Crippen LogP contribution in [-0.2, 0) is 16.2 Å². The van der Waals surface area contributed by atoms with E-state index in [1.807, 2.05) is 6.07 Å². The number of anilines is 3. The molecule has 2 nitrogen and oxygen atoms in total. The fraction of sp³-hybridized carbons (Fsp3) is 0.130. The fourth-order valence-electron chi connectivity index (χ4n) is 12.3. The summed E-state index contributed by atoms with van der Waals surface area (Å²) in [5.41, 5.74) is 22.7. The molecule has 0 N–H and O–H groups in total. The van der Waals surface area contributed by atoms with Crippen molar-refractivity contribution in [1.82, 2.24) is 0 Å². The maximum atomic E-state index is 6.44. The smallest absolute Gasteiger partial charge is 0.137 e. The van der Waals surface area contributed by atoms with Crippen LogP contribution in [0.3, 0.4) is 0 Å². The summed E-state index contributed by atoms with van der Waals surface area (Å²) in [6.45, 7) is 9.80. The predicted octanol–water partition coefficient (Wildman–Crippen LogP) is 18.8. The van der Waals surface area contributed by atoms with Crippen LogP contribution in [0.15, 0.2) is 241 Å². The summed E-state index contributed by atoms with van der Waals surface area (Å²) in [4.78, 5) is 2.37. The maximum absolute atomic E-state index is 6.44. The molecule has 0 saturated carbocycles.